The van der Waals surface area contributed by atoms with Gasteiger partial charge >= 0.3 is 5.97 Å². The Hall–Kier alpha value is -3.20. The van der Waals surface area contributed by atoms with E-state index in [4.69, 9.17) is 4.74 Å². The summed E-state index contributed by atoms with van der Waals surface area (Å²) in [5.41, 5.74) is 1.49. The van der Waals surface area contributed by atoms with Gasteiger partial charge in [0.25, 0.3) is 0 Å². The number of ether oxygens (including phenoxy) is 1. The van der Waals surface area contributed by atoms with Crippen molar-refractivity contribution in [2.75, 3.05) is 23.8 Å². The highest BCUT2D eigenvalue weighted by atomic mass is 32.2. The van der Waals surface area contributed by atoms with Crippen molar-refractivity contribution in [2.24, 2.45) is 0 Å². The van der Waals surface area contributed by atoms with Gasteiger partial charge in [0, 0.05) is 23.6 Å². The lowest BCUT2D eigenvalue weighted by Gasteiger charge is -2.21. The Morgan fingerprint density at radius 3 is 2.61 bits per heavy atom. The SMILES string of the molecule is CCOC(=O)CN(C(=O)CSc1n[nH]c(-c2ccncc2)n1)c1ccccc1. The second-order valence-corrected chi connectivity index (χ2v) is 6.55. The van der Waals surface area contributed by atoms with E-state index in [0.29, 0.717) is 16.7 Å². The minimum atomic E-state index is -0.456. The van der Waals surface area contributed by atoms with Crippen LogP contribution in [0.5, 0.6) is 0 Å². The Balaban J connectivity index is 1.67. The molecule has 3 aromatic rings. The maximum Gasteiger partial charge on any atom is 0.326 e. The van der Waals surface area contributed by atoms with Crippen LogP contribution >= 0.6 is 11.8 Å². The first-order valence-electron chi connectivity index (χ1n) is 8.64. The van der Waals surface area contributed by atoms with Gasteiger partial charge in [-0.2, -0.15) is 0 Å². The van der Waals surface area contributed by atoms with Crippen LogP contribution in [0.25, 0.3) is 11.4 Å². The zero-order chi connectivity index (χ0) is 19.8. The molecule has 0 saturated heterocycles. The van der Waals surface area contributed by atoms with Crippen molar-refractivity contribution in [3.63, 3.8) is 0 Å². The van der Waals surface area contributed by atoms with Gasteiger partial charge in [0.1, 0.15) is 6.54 Å². The molecule has 1 amide bonds. The molecule has 1 aromatic carbocycles. The highest BCUT2D eigenvalue weighted by Gasteiger charge is 2.20. The normalized spacial score (nSPS) is 10.5. The molecule has 0 saturated carbocycles. The fourth-order valence-electron chi connectivity index (χ4n) is 2.42. The number of aromatic amines is 1. The molecule has 2 heterocycles. The van der Waals surface area contributed by atoms with Crippen molar-refractivity contribution in [3.05, 3.63) is 54.9 Å². The molecule has 2 aromatic heterocycles. The molecule has 144 valence electrons. The summed E-state index contributed by atoms with van der Waals surface area (Å²) in [5.74, 6) is -0.00653. The van der Waals surface area contributed by atoms with Crippen LogP contribution in [0.3, 0.4) is 0 Å². The van der Waals surface area contributed by atoms with Crippen LogP contribution in [0.15, 0.2) is 60.0 Å². The second kappa shape index (κ2) is 9.65. The molecule has 0 aliphatic heterocycles. The van der Waals surface area contributed by atoms with E-state index < -0.39 is 5.97 Å². The van der Waals surface area contributed by atoms with Gasteiger partial charge in [-0.3, -0.25) is 19.7 Å². The summed E-state index contributed by atoms with van der Waals surface area (Å²) < 4.78 is 4.98. The number of para-hydroxylation sites is 1. The van der Waals surface area contributed by atoms with Gasteiger partial charge < -0.3 is 9.64 Å². The van der Waals surface area contributed by atoms with Gasteiger partial charge in [-0.15, -0.1) is 5.10 Å². The Labute approximate surface area is 166 Å². The van der Waals surface area contributed by atoms with Gasteiger partial charge in [0.15, 0.2) is 5.82 Å². The fraction of sp³-hybridized carbons (Fsp3) is 0.211. The number of thioether (sulfide) groups is 1. The zero-order valence-electron chi connectivity index (χ0n) is 15.2. The highest BCUT2D eigenvalue weighted by molar-refractivity contribution is 7.99. The largest absolute Gasteiger partial charge is 0.465 e. The van der Waals surface area contributed by atoms with Crippen molar-refractivity contribution in [2.45, 2.75) is 12.1 Å². The molecule has 1 N–H and O–H groups in total. The van der Waals surface area contributed by atoms with Gasteiger partial charge in [0.05, 0.1) is 12.4 Å². The summed E-state index contributed by atoms with van der Waals surface area (Å²) in [6, 6.07) is 12.6. The quantitative estimate of drug-likeness (QED) is 0.460. The lowest BCUT2D eigenvalue weighted by Crippen LogP contribution is -2.37. The van der Waals surface area contributed by atoms with Gasteiger partial charge in [-0.05, 0) is 31.2 Å². The van der Waals surface area contributed by atoms with E-state index in [2.05, 4.69) is 20.2 Å². The topological polar surface area (TPSA) is 101 Å². The molecule has 0 atom stereocenters. The smallest absolute Gasteiger partial charge is 0.326 e. The number of esters is 1. The molecule has 8 nitrogen and oxygen atoms in total. The molecule has 0 radical (unpaired) electrons. The number of rotatable bonds is 8. The Bertz CT molecular complexity index is 918. The van der Waals surface area contributed by atoms with Crippen molar-refractivity contribution < 1.29 is 14.3 Å². The van der Waals surface area contributed by atoms with Crippen LogP contribution in [-0.2, 0) is 14.3 Å². The second-order valence-electron chi connectivity index (χ2n) is 5.61. The predicted molar refractivity (Wildman–Crippen MR) is 106 cm³/mol. The van der Waals surface area contributed by atoms with Crippen LogP contribution in [0, 0.1) is 0 Å². The number of amides is 1. The number of nitrogens with zero attached hydrogens (tertiary/aromatic N) is 4. The molecule has 28 heavy (non-hydrogen) atoms. The number of H-pyrrole nitrogens is 1. The third-order valence-electron chi connectivity index (χ3n) is 3.70. The standard InChI is InChI=1S/C19H19N5O3S/c1-2-27-17(26)12-24(15-6-4-3-5-7-15)16(25)13-28-19-21-18(22-23-19)14-8-10-20-11-9-14/h3-11H,2,12-13H2,1H3,(H,21,22,23). The lowest BCUT2D eigenvalue weighted by molar-refractivity contribution is -0.142. The summed E-state index contributed by atoms with van der Waals surface area (Å²) in [4.78, 5) is 34.4. The van der Waals surface area contributed by atoms with Gasteiger partial charge in [-0.25, -0.2) is 4.98 Å². The summed E-state index contributed by atoms with van der Waals surface area (Å²) in [7, 11) is 0. The summed E-state index contributed by atoms with van der Waals surface area (Å²) in [6.07, 6.45) is 3.34. The maximum absolute atomic E-state index is 12.8. The number of hydrogen-bond acceptors (Lipinski definition) is 7. The lowest BCUT2D eigenvalue weighted by atomic mass is 10.3. The Kier molecular flexibility index (Phi) is 6.74. The van der Waals surface area contributed by atoms with Gasteiger partial charge in [-0.1, -0.05) is 30.0 Å². The van der Waals surface area contributed by atoms with Crippen molar-refractivity contribution in [1.82, 2.24) is 20.2 Å². The average Bonchev–Trinajstić information content (AvgIpc) is 3.21. The first kappa shape index (κ1) is 19.6. The molecule has 0 fully saturated rings. The van der Waals surface area contributed by atoms with Crippen molar-refractivity contribution in [3.8, 4) is 11.4 Å². The van der Waals surface area contributed by atoms with Crippen molar-refractivity contribution >= 4 is 29.3 Å². The third kappa shape index (κ3) is 5.17. The molecule has 0 spiro atoms. The van der Waals surface area contributed by atoms with Crippen LogP contribution in [0.1, 0.15) is 6.92 Å². The van der Waals surface area contributed by atoms with E-state index in [1.54, 1.807) is 31.5 Å². The molecule has 9 heteroatoms. The number of benzene rings is 1. The minimum absolute atomic E-state index is 0.0853. The Morgan fingerprint density at radius 1 is 1.14 bits per heavy atom. The third-order valence-corrected chi connectivity index (χ3v) is 4.54. The van der Waals surface area contributed by atoms with Crippen LogP contribution in [-0.4, -0.2) is 50.9 Å². The molecule has 0 bridgehead atoms. The fourth-order valence-corrected chi connectivity index (χ4v) is 3.10. The molecule has 0 unspecified atom stereocenters. The van der Waals surface area contributed by atoms with E-state index in [-0.39, 0.29) is 24.8 Å². The number of aromatic nitrogens is 4. The number of pyridine rings is 1. The Morgan fingerprint density at radius 2 is 1.89 bits per heavy atom. The number of anilines is 1. The van der Waals surface area contributed by atoms with Crippen molar-refractivity contribution in [1.29, 1.82) is 0 Å². The van der Waals surface area contributed by atoms with Crippen LogP contribution in [0.4, 0.5) is 5.69 Å². The molecular formula is C19H19N5O3S. The molecular weight excluding hydrogens is 378 g/mol. The van der Waals surface area contributed by atoms with Crippen LogP contribution < -0.4 is 4.90 Å². The van der Waals surface area contributed by atoms with Gasteiger partial charge in [0.2, 0.25) is 11.1 Å². The number of hydrogen-bond donors (Lipinski definition) is 1. The number of carbonyl (C=O) groups excluding carboxylic acids is 2. The van der Waals surface area contributed by atoms with E-state index >= 15 is 0 Å². The zero-order valence-corrected chi connectivity index (χ0v) is 16.1. The average molecular weight is 397 g/mol. The molecule has 3 rings (SSSR count). The number of carbonyl (C=O) groups is 2. The van der Waals surface area contributed by atoms with E-state index in [9.17, 15) is 9.59 Å². The maximum atomic E-state index is 12.8. The summed E-state index contributed by atoms with van der Waals surface area (Å²) >= 11 is 1.20. The van der Waals surface area contributed by atoms with E-state index in [1.165, 1.54) is 16.7 Å². The molecule has 0 aliphatic carbocycles. The van der Waals surface area contributed by atoms with E-state index in [0.717, 1.165) is 5.56 Å². The summed E-state index contributed by atoms with van der Waals surface area (Å²) in [5, 5.41) is 7.43. The minimum Gasteiger partial charge on any atom is -0.465 e. The first-order valence-corrected chi connectivity index (χ1v) is 9.62. The van der Waals surface area contributed by atoms with Crippen LogP contribution in [0.2, 0.25) is 0 Å². The highest BCUT2D eigenvalue weighted by Crippen LogP contribution is 2.20. The first-order chi connectivity index (χ1) is 13.7. The predicted octanol–water partition coefficient (Wildman–Crippen LogP) is 2.56. The molecule has 0 aliphatic rings. The number of nitrogens with one attached hydrogen (secondary N) is 1. The van der Waals surface area contributed by atoms with E-state index in [1.807, 2.05) is 30.3 Å². The monoisotopic (exact) mass is 397 g/mol. The summed E-state index contributed by atoms with van der Waals surface area (Å²) in [6.45, 7) is 1.85.